The summed E-state index contributed by atoms with van der Waals surface area (Å²) in [6.45, 7) is 0.601. The fourth-order valence-electron chi connectivity index (χ4n) is 2.59. The van der Waals surface area contributed by atoms with E-state index in [1.165, 1.54) is 12.1 Å². The quantitative estimate of drug-likeness (QED) is 0.813. The maximum atomic E-state index is 13.7. The van der Waals surface area contributed by atoms with E-state index in [9.17, 15) is 13.6 Å². The highest BCUT2D eigenvalue weighted by Crippen LogP contribution is 2.38. The lowest BCUT2D eigenvalue weighted by atomic mass is 10.1. The second-order valence-electron chi connectivity index (χ2n) is 5.28. The summed E-state index contributed by atoms with van der Waals surface area (Å²) in [5, 5.41) is 0.497. The van der Waals surface area contributed by atoms with Crippen molar-refractivity contribution in [1.82, 2.24) is 4.90 Å². The van der Waals surface area contributed by atoms with Gasteiger partial charge >= 0.3 is 0 Å². The van der Waals surface area contributed by atoms with Gasteiger partial charge in [-0.2, -0.15) is 0 Å². The molecule has 0 spiro atoms. The fourth-order valence-corrected chi connectivity index (χ4v) is 4.06. The van der Waals surface area contributed by atoms with E-state index >= 15 is 0 Å². The van der Waals surface area contributed by atoms with Gasteiger partial charge in [0.25, 0.3) is 0 Å². The highest BCUT2D eigenvalue weighted by Gasteiger charge is 2.31. The molecule has 1 heterocycles. The zero-order valence-corrected chi connectivity index (χ0v) is 13.7. The number of carbonyl (C=O) groups is 1. The summed E-state index contributed by atoms with van der Waals surface area (Å²) in [5.74, 6) is -0.698. The normalized spacial score (nSPS) is 17.5. The SMILES string of the molecule is O=C(Cc1ccc(F)cc1F)N1CCSC1c1cccc(Cl)c1. The van der Waals surface area contributed by atoms with E-state index in [4.69, 9.17) is 11.6 Å². The molecule has 0 aromatic heterocycles. The lowest BCUT2D eigenvalue weighted by Crippen LogP contribution is -2.31. The summed E-state index contributed by atoms with van der Waals surface area (Å²) in [4.78, 5) is 14.3. The Hall–Kier alpha value is -1.59. The zero-order valence-electron chi connectivity index (χ0n) is 12.1. The Morgan fingerprint density at radius 3 is 2.83 bits per heavy atom. The molecule has 0 radical (unpaired) electrons. The van der Waals surface area contributed by atoms with Gasteiger partial charge < -0.3 is 4.90 Å². The van der Waals surface area contributed by atoms with Crippen LogP contribution in [0.1, 0.15) is 16.5 Å². The van der Waals surface area contributed by atoms with Gasteiger partial charge in [-0.05, 0) is 29.3 Å². The van der Waals surface area contributed by atoms with E-state index in [-0.39, 0.29) is 23.3 Å². The van der Waals surface area contributed by atoms with Crippen LogP contribution >= 0.6 is 23.4 Å². The van der Waals surface area contributed by atoms with Crippen LogP contribution in [0.3, 0.4) is 0 Å². The molecule has 1 unspecified atom stereocenters. The molecule has 23 heavy (non-hydrogen) atoms. The van der Waals surface area contributed by atoms with Gasteiger partial charge in [0.2, 0.25) is 5.91 Å². The number of hydrogen-bond donors (Lipinski definition) is 0. The Kier molecular flexibility index (Phi) is 4.87. The molecule has 0 N–H and O–H groups in total. The molecule has 0 saturated carbocycles. The molecule has 0 aliphatic carbocycles. The fraction of sp³-hybridized carbons (Fsp3) is 0.235. The largest absolute Gasteiger partial charge is 0.325 e. The number of carbonyl (C=O) groups excluding carboxylic acids is 1. The van der Waals surface area contributed by atoms with E-state index in [0.717, 1.165) is 17.4 Å². The summed E-state index contributed by atoms with van der Waals surface area (Å²) in [6, 6.07) is 10.7. The number of amides is 1. The van der Waals surface area contributed by atoms with Crippen molar-refractivity contribution < 1.29 is 13.6 Å². The molecular formula is C17H14ClF2NOS. The molecule has 1 atom stereocenters. The van der Waals surface area contributed by atoms with E-state index in [2.05, 4.69) is 0 Å². The average Bonchev–Trinajstić information content (AvgIpc) is 2.99. The Balaban J connectivity index is 1.78. The minimum absolute atomic E-state index is 0.0796. The maximum Gasteiger partial charge on any atom is 0.228 e. The third-order valence-corrected chi connectivity index (χ3v) is 5.20. The number of hydrogen-bond acceptors (Lipinski definition) is 2. The van der Waals surface area contributed by atoms with Crippen molar-refractivity contribution in [2.45, 2.75) is 11.8 Å². The summed E-state index contributed by atoms with van der Waals surface area (Å²) < 4.78 is 26.7. The number of rotatable bonds is 3. The van der Waals surface area contributed by atoms with E-state index in [0.29, 0.717) is 11.6 Å². The summed E-state index contributed by atoms with van der Waals surface area (Å²) in [6.07, 6.45) is -0.0796. The third-order valence-electron chi connectivity index (χ3n) is 3.70. The number of benzene rings is 2. The van der Waals surface area contributed by atoms with Crippen LogP contribution in [-0.2, 0) is 11.2 Å². The monoisotopic (exact) mass is 353 g/mol. The molecule has 1 amide bonds. The van der Waals surface area contributed by atoms with Crippen LogP contribution < -0.4 is 0 Å². The van der Waals surface area contributed by atoms with Crippen molar-refractivity contribution in [3.63, 3.8) is 0 Å². The molecule has 1 aliphatic heterocycles. The van der Waals surface area contributed by atoms with Crippen LogP contribution in [0.5, 0.6) is 0 Å². The molecule has 2 nitrogen and oxygen atoms in total. The van der Waals surface area contributed by atoms with E-state index in [1.807, 2.05) is 18.2 Å². The van der Waals surface area contributed by atoms with Gasteiger partial charge in [0.05, 0.1) is 6.42 Å². The van der Waals surface area contributed by atoms with Gasteiger partial charge in [-0.3, -0.25) is 4.79 Å². The third kappa shape index (κ3) is 3.67. The second kappa shape index (κ2) is 6.89. The minimum Gasteiger partial charge on any atom is -0.325 e. The molecule has 1 fully saturated rings. The highest BCUT2D eigenvalue weighted by atomic mass is 35.5. The molecule has 1 aliphatic rings. The first-order chi connectivity index (χ1) is 11.0. The first-order valence-corrected chi connectivity index (χ1v) is 8.58. The van der Waals surface area contributed by atoms with Gasteiger partial charge in [0.1, 0.15) is 17.0 Å². The number of nitrogens with zero attached hydrogens (tertiary/aromatic N) is 1. The standard InChI is InChI=1S/C17H14ClF2NOS/c18-13-3-1-2-12(8-13)17-21(6-7-23-17)16(22)9-11-4-5-14(19)10-15(11)20/h1-5,8,10,17H,6-7,9H2. The molecule has 1 saturated heterocycles. The van der Waals surface area contributed by atoms with Gasteiger partial charge in [-0.1, -0.05) is 29.8 Å². The Bertz CT molecular complexity index is 740. The van der Waals surface area contributed by atoms with E-state index < -0.39 is 11.6 Å². The Morgan fingerprint density at radius 1 is 1.26 bits per heavy atom. The first kappa shape index (κ1) is 16.3. The smallest absolute Gasteiger partial charge is 0.228 e. The van der Waals surface area contributed by atoms with Crippen LogP contribution in [0.2, 0.25) is 5.02 Å². The predicted octanol–water partition coefficient (Wildman–Crippen LogP) is 4.43. The summed E-state index contributed by atoms with van der Waals surface area (Å²) in [5.41, 5.74) is 1.16. The first-order valence-electron chi connectivity index (χ1n) is 7.15. The zero-order chi connectivity index (χ0) is 16.4. The van der Waals surface area contributed by atoms with Gasteiger partial charge in [0, 0.05) is 23.4 Å². The van der Waals surface area contributed by atoms with Crippen molar-refractivity contribution in [2.24, 2.45) is 0 Å². The minimum atomic E-state index is -0.690. The maximum absolute atomic E-state index is 13.7. The summed E-state index contributed by atoms with van der Waals surface area (Å²) in [7, 11) is 0. The van der Waals surface area contributed by atoms with Crippen molar-refractivity contribution in [3.8, 4) is 0 Å². The molecule has 0 bridgehead atoms. The van der Waals surface area contributed by atoms with Crippen LogP contribution in [0.4, 0.5) is 8.78 Å². The van der Waals surface area contributed by atoms with Crippen LogP contribution in [0.15, 0.2) is 42.5 Å². The molecular weight excluding hydrogens is 340 g/mol. The molecule has 2 aromatic carbocycles. The van der Waals surface area contributed by atoms with Crippen molar-refractivity contribution >= 4 is 29.3 Å². The van der Waals surface area contributed by atoms with Crippen molar-refractivity contribution in [3.05, 3.63) is 70.2 Å². The topological polar surface area (TPSA) is 20.3 Å². The molecule has 120 valence electrons. The Labute approximate surface area is 142 Å². The lowest BCUT2D eigenvalue weighted by Gasteiger charge is -2.24. The van der Waals surface area contributed by atoms with Gasteiger partial charge in [0.15, 0.2) is 0 Å². The Morgan fingerprint density at radius 2 is 2.09 bits per heavy atom. The summed E-state index contributed by atoms with van der Waals surface area (Å²) >= 11 is 7.67. The second-order valence-corrected chi connectivity index (χ2v) is 6.90. The van der Waals surface area contributed by atoms with Gasteiger partial charge in [-0.15, -0.1) is 11.8 Å². The van der Waals surface area contributed by atoms with Gasteiger partial charge in [-0.25, -0.2) is 8.78 Å². The molecule has 2 aromatic rings. The van der Waals surface area contributed by atoms with Crippen molar-refractivity contribution in [1.29, 1.82) is 0 Å². The van der Waals surface area contributed by atoms with Crippen molar-refractivity contribution in [2.75, 3.05) is 12.3 Å². The molecule has 3 rings (SSSR count). The van der Waals surface area contributed by atoms with Crippen LogP contribution in [0.25, 0.3) is 0 Å². The van der Waals surface area contributed by atoms with E-state index in [1.54, 1.807) is 22.7 Å². The predicted molar refractivity (Wildman–Crippen MR) is 88.4 cm³/mol. The number of halogens is 3. The molecule has 6 heteroatoms. The average molecular weight is 354 g/mol. The number of thioether (sulfide) groups is 1. The lowest BCUT2D eigenvalue weighted by molar-refractivity contribution is -0.130. The van der Waals surface area contributed by atoms with Crippen LogP contribution in [-0.4, -0.2) is 23.1 Å². The highest BCUT2D eigenvalue weighted by molar-refractivity contribution is 7.99. The van der Waals surface area contributed by atoms with Crippen LogP contribution in [0, 0.1) is 11.6 Å².